The second-order valence-electron chi connectivity index (χ2n) is 6.38. The highest BCUT2D eigenvalue weighted by molar-refractivity contribution is 5.83. The fraction of sp³-hybridized carbons (Fsp3) is 0.933. The van der Waals surface area contributed by atoms with Gasteiger partial charge in [0, 0.05) is 18.6 Å². The van der Waals surface area contributed by atoms with E-state index in [1.54, 1.807) is 0 Å². The number of nitrogens with one attached hydrogen (secondary N) is 1. The SMILES string of the molecule is CC(C)NC1CCCN(C2CCCCC2C)C1=O. The summed E-state index contributed by atoms with van der Waals surface area (Å²) in [6, 6.07) is 0.957. The molecule has 0 aromatic rings. The number of carbonyl (C=O) groups is 1. The fourth-order valence-corrected chi connectivity index (χ4v) is 3.55. The Labute approximate surface area is 111 Å². The van der Waals surface area contributed by atoms with Crippen molar-refractivity contribution in [2.75, 3.05) is 6.54 Å². The van der Waals surface area contributed by atoms with Gasteiger partial charge in [0.05, 0.1) is 6.04 Å². The second-order valence-corrected chi connectivity index (χ2v) is 6.38. The highest BCUT2D eigenvalue weighted by Crippen LogP contribution is 2.30. The van der Waals surface area contributed by atoms with E-state index in [-0.39, 0.29) is 6.04 Å². The van der Waals surface area contributed by atoms with Crippen LogP contribution >= 0.6 is 0 Å². The molecule has 1 saturated carbocycles. The van der Waals surface area contributed by atoms with Gasteiger partial charge >= 0.3 is 0 Å². The summed E-state index contributed by atoms with van der Waals surface area (Å²) in [5.41, 5.74) is 0. The summed E-state index contributed by atoms with van der Waals surface area (Å²) in [6.07, 6.45) is 7.29. The zero-order valence-electron chi connectivity index (χ0n) is 12.1. The average Bonchev–Trinajstić information content (AvgIpc) is 2.32. The number of amides is 1. The number of nitrogens with zero attached hydrogens (tertiary/aromatic N) is 1. The Morgan fingerprint density at radius 1 is 1.17 bits per heavy atom. The Morgan fingerprint density at radius 2 is 1.89 bits per heavy atom. The lowest BCUT2D eigenvalue weighted by molar-refractivity contribution is -0.140. The first kappa shape index (κ1) is 13.9. The van der Waals surface area contributed by atoms with E-state index < -0.39 is 0 Å². The van der Waals surface area contributed by atoms with Crippen LogP contribution < -0.4 is 5.32 Å². The van der Waals surface area contributed by atoms with Gasteiger partial charge in [-0.3, -0.25) is 4.79 Å². The first-order valence-corrected chi connectivity index (χ1v) is 7.66. The first-order chi connectivity index (χ1) is 8.59. The normalized spacial score (nSPS) is 34.1. The summed E-state index contributed by atoms with van der Waals surface area (Å²) >= 11 is 0. The van der Waals surface area contributed by atoms with Gasteiger partial charge in [-0.25, -0.2) is 0 Å². The summed E-state index contributed by atoms with van der Waals surface area (Å²) in [4.78, 5) is 14.8. The molecular formula is C15H28N2O. The van der Waals surface area contributed by atoms with E-state index in [1.165, 1.54) is 25.7 Å². The molecule has 3 atom stereocenters. The quantitative estimate of drug-likeness (QED) is 0.837. The van der Waals surface area contributed by atoms with Gasteiger partial charge in [0.1, 0.15) is 0 Å². The van der Waals surface area contributed by atoms with Crippen molar-refractivity contribution in [1.82, 2.24) is 10.2 Å². The van der Waals surface area contributed by atoms with Crippen LogP contribution in [0.4, 0.5) is 0 Å². The molecular weight excluding hydrogens is 224 g/mol. The molecule has 104 valence electrons. The molecule has 1 heterocycles. The zero-order chi connectivity index (χ0) is 13.1. The van der Waals surface area contributed by atoms with Crippen LogP contribution in [0.2, 0.25) is 0 Å². The maximum atomic E-state index is 12.6. The highest BCUT2D eigenvalue weighted by Gasteiger charge is 2.36. The van der Waals surface area contributed by atoms with E-state index in [1.807, 2.05) is 0 Å². The number of likely N-dealkylation sites (tertiary alicyclic amines) is 1. The molecule has 1 aliphatic carbocycles. The van der Waals surface area contributed by atoms with Gasteiger partial charge in [-0.05, 0) is 31.6 Å². The highest BCUT2D eigenvalue weighted by atomic mass is 16.2. The summed E-state index contributed by atoms with van der Waals surface area (Å²) in [7, 11) is 0. The molecule has 1 amide bonds. The van der Waals surface area contributed by atoms with Crippen molar-refractivity contribution in [3.05, 3.63) is 0 Å². The van der Waals surface area contributed by atoms with E-state index in [2.05, 4.69) is 31.0 Å². The minimum absolute atomic E-state index is 0.0628. The van der Waals surface area contributed by atoms with E-state index in [0.29, 0.717) is 23.9 Å². The third kappa shape index (κ3) is 3.05. The molecule has 2 fully saturated rings. The average molecular weight is 252 g/mol. The number of hydrogen-bond acceptors (Lipinski definition) is 2. The number of rotatable bonds is 3. The van der Waals surface area contributed by atoms with Gasteiger partial charge in [0.25, 0.3) is 0 Å². The van der Waals surface area contributed by atoms with Crippen LogP contribution in [-0.2, 0) is 4.79 Å². The van der Waals surface area contributed by atoms with Gasteiger partial charge in [-0.15, -0.1) is 0 Å². The molecule has 1 N–H and O–H groups in total. The molecule has 1 saturated heterocycles. The predicted molar refractivity (Wildman–Crippen MR) is 74.4 cm³/mol. The molecule has 0 bridgehead atoms. The van der Waals surface area contributed by atoms with Gasteiger partial charge in [0.2, 0.25) is 5.91 Å². The van der Waals surface area contributed by atoms with Crippen molar-refractivity contribution in [3.8, 4) is 0 Å². The van der Waals surface area contributed by atoms with E-state index in [4.69, 9.17) is 0 Å². The van der Waals surface area contributed by atoms with Gasteiger partial charge in [-0.2, -0.15) is 0 Å². The zero-order valence-corrected chi connectivity index (χ0v) is 12.1. The molecule has 1 aliphatic heterocycles. The number of piperidine rings is 1. The van der Waals surface area contributed by atoms with Crippen LogP contribution in [0.25, 0.3) is 0 Å². The minimum Gasteiger partial charge on any atom is -0.338 e. The molecule has 2 rings (SSSR count). The van der Waals surface area contributed by atoms with Crippen molar-refractivity contribution in [1.29, 1.82) is 0 Å². The van der Waals surface area contributed by atoms with Gasteiger partial charge < -0.3 is 10.2 Å². The number of hydrogen-bond donors (Lipinski definition) is 1. The van der Waals surface area contributed by atoms with Gasteiger partial charge in [0.15, 0.2) is 0 Å². The maximum Gasteiger partial charge on any atom is 0.239 e. The van der Waals surface area contributed by atoms with Crippen LogP contribution in [0.3, 0.4) is 0 Å². The summed E-state index contributed by atoms with van der Waals surface area (Å²) < 4.78 is 0. The van der Waals surface area contributed by atoms with Crippen molar-refractivity contribution < 1.29 is 4.79 Å². The van der Waals surface area contributed by atoms with E-state index >= 15 is 0 Å². The summed E-state index contributed by atoms with van der Waals surface area (Å²) in [5.74, 6) is 1.04. The van der Waals surface area contributed by atoms with Crippen molar-refractivity contribution >= 4 is 5.91 Å². The van der Waals surface area contributed by atoms with Crippen LogP contribution in [0.5, 0.6) is 0 Å². The lowest BCUT2D eigenvalue weighted by Gasteiger charge is -2.43. The summed E-state index contributed by atoms with van der Waals surface area (Å²) in [5, 5.41) is 3.42. The van der Waals surface area contributed by atoms with Crippen LogP contribution in [-0.4, -0.2) is 35.5 Å². The Balaban J connectivity index is 2.01. The molecule has 2 aliphatic rings. The molecule has 0 spiro atoms. The second kappa shape index (κ2) is 6.05. The molecule has 3 heteroatoms. The van der Waals surface area contributed by atoms with Gasteiger partial charge in [-0.1, -0.05) is 33.6 Å². The molecule has 0 radical (unpaired) electrons. The fourth-order valence-electron chi connectivity index (χ4n) is 3.55. The Kier molecular flexibility index (Phi) is 4.66. The monoisotopic (exact) mass is 252 g/mol. The molecule has 18 heavy (non-hydrogen) atoms. The van der Waals surface area contributed by atoms with E-state index in [9.17, 15) is 4.79 Å². The molecule has 0 aromatic carbocycles. The van der Waals surface area contributed by atoms with E-state index in [0.717, 1.165) is 19.4 Å². The Morgan fingerprint density at radius 3 is 2.56 bits per heavy atom. The first-order valence-electron chi connectivity index (χ1n) is 7.66. The largest absolute Gasteiger partial charge is 0.338 e. The Bertz CT molecular complexity index is 290. The van der Waals surface area contributed by atoms with Crippen molar-refractivity contribution in [2.24, 2.45) is 5.92 Å². The number of carbonyl (C=O) groups excluding carboxylic acids is 1. The molecule has 3 unspecified atom stereocenters. The third-order valence-electron chi connectivity index (χ3n) is 4.47. The molecule has 0 aromatic heterocycles. The predicted octanol–water partition coefficient (Wildman–Crippen LogP) is 2.55. The van der Waals surface area contributed by atoms with Crippen LogP contribution in [0.1, 0.15) is 59.3 Å². The lowest BCUT2D eigenvalue weighted by atomic mass is 9.83. The topological polar surface area (TPSA) is 32.3 Å². The summed E-state index contributed by atoms with van der Waals surface area (Å²) in [6.45, 7) is 7.53. The van der Waals surface area contributed by atoms with Crippen LogP contribution in [0.15, 0.2) is 0 Å². The smallest absolute Gasteiger partial charge is 0.239 e. The Hall–Kier alpha value is -0.570. The minimum atomic E-state index is 0.0628. The lowest BCUT2D eigenvalue weighted by Crippen LogP contribution is -2.57. The molecule has 3 nitrogen and oxygen atoms in total. The van der Waals surface area contributed by atoms with Crippen molar-refractivity contribution in [2.45, 2.75) is 77.4 Å². The van der Waals surface area contributed by atoms with Crippen LogP contribution in [0, 0.1) is 5.92 Å². The maximum absolute atomic E-state index is 12.6. The third-order valence-corrected chi connectivity index (χ3v) is 4.47. The van der Waals surface area contributed by atoms with Crippen molar-refractivity contribution in [3.63, 3.8) is 0 Å². The standard InChI is InChI=1S/C15H28N2O/c1-11(2)16-13-8-6-10-17(15(13)18)14-9-5-4-7-12(14)3/h11-14,16H,4-10H2,1-3H3.